The Bertz CT molecular complexity index is 647. The smallest absolute Gasteiger partial charge is 0.136 e. The number of methoxy groups -OCH3 is 1. The molecule has 21 heavy (non-hydrogen) atoms. The number of benzene rings is 2. The standard InChI is InChI=1S/C17H17BrN2O/c1-12(14-4-6-16(18)7-5-14)20-11-13-3-8-17(21-2)15(9-13)10-19/h3-9,12,20H,11H2,1-2H3/t12-/m1/s1. The van der Waals surface area contributed by atoms with Crippen LogP contribution < -0.4 is 10.1 Å². The summed E-state index contributed by atoms with van der Waals surface area (Å²) in [5.74, 6) is 0.613. The van der Waals surface area contributed by atoms with E-state index in [2.05, 4.69) is 46.4 Å². The van der Waals surface area contributed by atoms with Crippen LogP contribution in [-0.4, -0.2) is 7.11 Å². The number of nitrogens with zero attached hydrogens (tertiary/aromatic N) is 1. The Kier molecular flexibility index (Phi) is 5.38. The minimum Gasteiger partial charge on any atom is -0.495 e. The highest BCUT2D eigenvalue weighted by Crippen LogP contribution is 2.20. The van der Waals surface area contributed by atoms with E-state index in [9.17, 15) is 0 Å². The van der Waals surface area contributed by atoms with Crippen LogP contribution in [0, 0.1) is 11.3 Å². The highest BCUT2D eigenvalue weighted by Gasteiger charge is 2.07. The molecule has 0 radical (unpaired) electrons. The maximum atomic E-state index is 9.10. The number of hydrogen-bond acceptors (Lipinski definition) is 3. The first-order chi connectivity index (χ1) is 10.1. The van der Waals surface area contributed by atoms with E-state index in [-0.39, 0.29) is 6.04 Å². The fourth-order valence-electron chi connectivity index (χ4n) is 2.09. The van der Waals surface area contributed by atoms with E-state index >= 15 is 0 Å². The Labute approximate surface area is 133 Å². The average molecular weight is 345 g/mol. The van der Waals surface area contributed by atoms with E-state index in [1.807, 2.05) is 30.3 Å². The molecule has 0 bridgehead atoms. The molecule has 2 aromatic carbocycles. The van der Waals surface area contributed by atoms with E-state index in [4.69, 9.17) is 10.00 Å². The molecule has 1 atom stereocenters. The third kappa shape index (κ3) is 4.07. The summed E-state index contributed by atoms with van der Waals surface area (Å²) in [6.07, 6.45) is 0. The Morgan fingerprint density at radius 1 is 1.24 bits per heavy atom. The van der Waals surface area contributed by atoms with E-state index in [0.717, 1.165) is 10.0 Å². The van der Waals surface area contributed by atoms with Gasteiger partial charge in [0.05, 0.1) is 12.7 Å². The minimum atomic E-state index is 0.241. The summed E-state index contributed by atoms with van der Waals surface area (Å²) in [5.41, 5.74) is 2.86. The van der Waals surface area contributed by atoms with Gasteiger partial charge in [0, 0.05) is 17.1 Å². The van der Waals surface area contributed by atoms with Crippen LogP contribution in [0.25, 0.3) is 0 Å². The van der Waals surface area contributed by atoms with Gasteiger partial charge in [-0.15, -0.1) is 0 Å². The summed E-state index contributed by atoms with van der Waals surface area (Å²) in [7, 11) is 1.57. The topological polar surface area (TPSA) is 45.0 Å². The normalized spacial score (nSPS) is 11.7. The molecule has 0 aliphatic carbocycles. The molecule has 0 aliphatic rings. The number of halogens is 1. The molecule has 2 rings (SSSR count). The first-order valence-electron chi connectivity index (χ1n) is 6.70. The Balaban J connectivity index is 2.03. The van der Waals surface area contributed by atoms with Crippen molar-refractivity contribution in [2.75, 3.05) is 7.11 Å². The summed E-state index contributed by atoms with van der Waals surface area (Å²) < 4.78 is 6.23. The summed E-state index contributed by atoms with van der Waals surface area (Å²) in [6, 6.07) is 16.3. The van der Waals surface area contributed by atoms with Crippen molar-refractivity contribution < 1.29 is 4.74 Å². The Morgan fingerprint density at radius 2 is 1.95 bits per heavy atom. The van der Waals surface area contributed by atoms with Crippen molar-refractivity contribution in [3.8, 4) is 11.8 Å². The summed E-state index contributed by atoms with van der Waals surface area (Å²) in [4.78, 5) is 0. The lowest BCUT2D eigenvalue weighted by atomic mass is 10.1. The van der Waals surface area contributed by atoms with E-state index in [0.29, 0.717) is 17.9 Å². The van der Waals surface area contributed by atoms with Gasteiger partial charge in [-0.05, 0) is 42.3 Å². The molecule has 0 spiro atoms. The van der Waals surface area contributed by atoms with Crippen LogP contribution in [-0.2, 0) is 6.54 Å². The SMILES string of the molecule is COc1ccc(CN[C@H](C)c2ccc(Br)cc2)cc1C#N. The number of nitriles is 1. The van der Waals surface area contributed by atoms with Gasteiger partial charge >= 0.3 is 0 Å². The van der Waals surface area contributed by atoms with Crippen molar-refractivity contribution in [2.45, 2.75) is 19.5 Å². The molecule has 3 nitrogen and oxygen atoms in total. The third-order valence-corrected chi connectivity index (χ3v) is 3.90. The van der Waals surface area contributed by atoms with Crippen LogP contribution in [0.15, 0.2) is 46.9 Å². The second-order valence-electron chi connectivity index (χ2n) is 4.80. The molecular formula is C17H17BrN2O. The lowest BCUT2D eigenvalue weighted by Crippen LogP contribution is -2.18. The molecule has 0 aliphatic heterocycles. The van der Waals surface area contributed by atoms with Crippen molar-refractivity contribution in [2.24, 2.45) is 0 Å². The maximum Gasteiger partial charge on any atom is 0.136 e. The Hall–Kier alpha value is -1.83. The van der Waals surface area contributed by atoms with Crippen LogP contribution in [0.5, 0.6) is 5.75 Å². The maximum absolute atomic E-state index is 9.10. The number of rotatable bonds is 5. The lowest BCUT2D eigenvalue weighted by Gasteiger charge is -2.15. The third-order valence-electron chi connectivity index (χ3n) is 3.37. The highest BCUT2D eigenvalue weighted by atomic mass is 79.9. The van der Waals surface area contributed by atoms with Crippen molar-refractivity contribution >= 4 is 15.9 Å². The van der Waals surface area contributed by atoms with Gasteiger partial charge in [0.15, 0.2) is 0 Å². The molecule has 0 saturated carbocycles. The van der Waals surface area contributed by atoms with Gasteiger partial charge in [-0.2, -0.15) is 5.26 Å². The van der Waals surface area contributed by atoms with Gasteiger partial charge in [0.25, 0.3) is 0 Å². The summed E-state index contributed by atoms with van der Waals surface area (Å²) in [5, 5.41) is 12.6. The van der Waals surface area contributed by atoms with Gasteiger partial charge in [0.1, 0.15) is 11.8 Å². The second kappa shape index (κ2) is 7.26. The van der Waals surface area contributed by atoms with Crippen molar-refractivity contribution in [1.82, 2.24) is 5.32 Å². The van der Waals surface area contributed by atoms with Gasteiger partial charge in [-0.3, -0.25) is 0 Å². The van der Waals surface area contributed by atoms with Gasteiger partial charge < -0.3 is 10.1 Å². The molecule has 0 unspecified atom stereocenters. The lowest BCUT2D eigenvalue weighted by molar-refractivity contribution is 0.413. The molecule has 2 aromatic rings. The zero-order valence-electron chi connectivity index (χ0n) is 12.1. The minimum absolute atomic E-state index is 0.241. The van der Waals surface area contributed by atoms with E-state index in [1.54, 1.807) is 7.11 Å². The molecule has 0 saturated heterocycles. The average Bonchev–Trinajstić information content (AvgIpc) is 2.52. The first kappa shape index (κ1) is 15.6. The van der Waals surface area contributed by atoms with Gasteiger partial charge in [-0.1, -0.05) is 34.1 Å². The van der Waals surface area contributed by atoms with Crippen molar-refractivity contribution in [3.05, 3.63) is 63.6 Å². The van der Waals surface area contributed by atoms with Crippen molar-refractivity contribution in [1.29, 1.82) is 5.26 Å². The van der Waals surface area contributed by atoms with Crippen molar-refractivity contribution in [3.63, 3.8) is 0 Å². The summed E-state index contributed by atoms with van der Waals surface area (Å²) >= 11 is 3.44. The second-order valence-corrected chi connectivity index (χ2v) is 5.72. The zero-order chi connectivity index (χ0) is 15.2. The van der Waals surface area contributed by atoms with E-state index in [1.165, 1.54) is 5.56 Å². The quantitative estimate of drug-likeness (QED) is 0.884. The van der Waals surface area contributed by atoms with E-state index < -0.39 is 0 Å². The van der Waals surface area contributed by atoms with Crippen LogP contribution in [0.1, 0.15) is 29.7 Å². The molecule has 0 aromatic heterocycles. The molecule has 4 heteroatoms. The van der Waals surface area contributed by atoms with Crippen LogP contribution >= 0.6 is 15.9 Å². The highest BCUT2D eigenvalue weighted by molar-refractivity contribution is 9.10. The predicted molar refractivity (Wildman–Crippen MR) is 87.1 cm³/mol. The van der Waals surface area contributed by atoms with Gasteiger partial charge in [0.2, 0.25) is 0 Å². The molecule has 0 fully saturated rings. The number of hydrogen-bond donors (Lipinski definition) is 1. The monoisotopic (exact) mass is 344 g/mol. The predicted octanol–water partition coefficient (Wildman–Crippen LogP) is 4.18. The van der Waals surface area contributed by atoms with Crippen LogP contribution in [0.2, 0.25) is 0 Å². The molecule has 108 valence electrons. The Morgan fingerprint density at radius 3 is 2.57 bits per heavy atom. The molecular weight excluding hydrogens is 328 g/mol. The molecule has 0 amide bonds. The van der Waals surface area contributed by atoms with Crippen LogP contribution in [0.4, 0.5) is 0 Å². The molecule has 1 N–H and O–H groups in total. The number of nitrogens with one attached hydrogen (secondary N) is 1. The summed E-state index contributed by atoms with van der Waals surface area (Å²) in [6.45, 7) is 2.83. The molecule has 0 heterocycles. The van der Waals surface area contributed by atoms with Gasteiger partial charge in [-0.25, -0.2) is 0 Å². The first-order valence-corrected chi connectivity index (χ1v) is 7.49. The fraction of sp³-hybridized carbons (Fsp3) is 0.235. The largest absolute Gasteiger partial charge is 0.495 e. The zero-order valence-corrected chi connectivity index (χ0v) is 13.6. The van der Waals surface area contributed by atoms with Crippen LogP contribution in [0.3, 0.4) is 0 Å². The number of ether oxygens (including phenoxy) is 1. The fourth-order valence-corrected chi connectivity index (χ4v) is 2.36.